The van der Waals surface area contributed by atoms with E-state index >= 15 is 0 Å². The molecular weight excluding hydrogens is 257 g/mol. The zero-order valence-corrected chi connectivity index (χ0v) is 10.7. The van der Waals surface area contributed by atoms with Crippen LogP contribution in [0.2, 0.25) is 0 Å². The Morgan fingerprint density at radius 1 is 1.00 bits per heavy atom. The van der Waals surface area contributed by atoms with Crippen LogP contribution in [0, 0.1) is 17.8 Å². The van der Waals surface area contributed by atoms with Crippen molar-refractivity contribution in [2.75, 3.05) is 6.54 Å². The summed E-state index contributed by atoms with van der Waals surface area (Å²) >= 11 is 0. The fourth-order valence-electron chi connectivity index (χ4n) is 1.69. The van der Waals surface area contributed by atoms with Crippen LogP contribution in [-0.2, 0) is 4.79 Å². The molecule has 0 spiro atoms. The molecule has 108 valence electrons. The van der Waals surface area contributed by atoms with Crippen molar-refractivity contribution in [1.29, 1.82) is 0 Å². The second-order valence-corrected chi connectivity index (χ2v) is 4.93. The van der Waals surface area contributed by atoms with Crippen LogP contribution in [0.25, 0.3) is 0 Å². The molecule has 0 saturated heterocycles. The van der Waals surface area contributed by atoms with Crippen LogP contribution in [0.15, 0.2) is 0 Å². The molecule has 0 fully saturated rings. The first kappa shape index (κ1) is 17.1. The number of hydrogen-bond donors (Lipinski definition) is 1. The number of alkyl halides is 5. The maximum absolute atomic E-state index is 12.6. The number of carbonyl (C=O) groups is 1. The normalized spacial score (nSPS) is 13.6. The largest absolute Gasteiger partial charge is 0.463 e. The van der Waals surface area contributed by atoms with E-state index in [0.717, 1.165) is 0 Å². The van der Waals surface area contributed by atoms with Crippen LogP contribution >= 0.6 is 0 Å². The van der Waals surface area contributed by atoms with E-state index < -0.39 is 18.0 Å². The maximum Gasteiger partial charge on any atom is 0.463 e. The van der Waals surface area contributed by atoms with Crippen molar-refractivity contribution in [2.45, 2.75) is 39.8 Å². The second kappa shape index (κ2) is 5.84. The lowest BCUT2D eigenvalue weighted by Gasteiger charge is -2.26. The van der Waals surface area contributed by atoms with Gasteiger partial charge in [0.2, 0.25) is 0 Å². The lowest BCUT2D eigenvalue weighted by molar-refractivity contribution is -0.269. The molecule has 0 aromatic rings. The van der Waals surface area contributed by atoms with E-state index in [9.17, 15) is 26.7 Å². The van der Waals surface area contributed by atoms with Gasteiger partial charge in [-0.25, -0.2) is 0 Å². The highest BCUT2D eigenvalue weighted by Crippen LogP contribution is 2.35. The third kappa shape index (κ3) is 4.10. The van der Waals surface area contributed by atoms with Crippen molar-refractivity contribution >= 4 is 5.91 Å². The zero-order valence-electron chi connectivity index (χ0n) is 10.7. The van der Waals surface area contributed by atoms with Gasteiger partial charge in [0, 0.05) is 6.54 Å². The Bertz CT molecular complexity index is 278. The Kier molecular flexibility index (Phi) is 5.55. The predicted molar refractivity (Wildman–Crippen MR) is 57.2 cm³/mol. The van der Waals surface area contributed by atoms with Gasteiger partial charge < -0.3 is 5.32 Å². The van der Waals surface area contributed by atoms with Gasteiger partial charge in [0.1, 0.15) is 0 Å². The van der Waals surface area contributed by atoms with Crippen LogP contribution < -0.4 is 5.32 Å². The number of carbonyl (C=O) groups excluding carboxylic acids is 1. The summed E-state index contributed by atoms with van der Waals surface area (Å²) in [5.41, 5.74) is 0. The van der Waals surface area contributed by atoms with Gasteiger partial charge in [0.15, 0.2) is 0 Å². The van der Waals surface area contributed by atoms with Gasteiger partial charge >= 0.3 is 12.1 Å². The summed E-state index contributed by atoms with van der Waals surface area (Å²) in [5.74, 6) is -7.64. The van der Waals surface area contributed by atoms with Gasteiger partial charge in [-0.1, -0.05) is 27.7 Å². The van der Waals surface area contributed by atoms with E-state index in [1.54, 1.807) is 5.32 Å². The highest BCUT2D eigenvalue weighted by Gasteiger charge is 2.63. The summed E-state index contributed by atoms with van der Waals surface area (Å²) in [5, 5.41) is 1.68. The van der Waals surface area contributed by atoms with Crippen LogP contribution in [0.5, 0.6) is 0 Å². The highest BCUT2D eigenvalue weighted by molar-refractivity contribution is 5.84. The average molecular weight is 275 g/mol. The quantitative estimate of drug-likeness (QED) is 0.767. The summed E-state index contributed by atoms with van der Waals surface area (Å²) in [6.45, 7) is 7.08. The summed E-state index contributed by atoms with van der Waals surface area (Å²) in [4.78, 5) is 10.9. The first-order valence-electron chi connectivity index (χ1n) is 5.64. The molecule has 1 amide bonds. The Morgan fingerprint density at radius 2 is 1.39 bits per heavy atom. The van der Waals surface area contributed by atoms with Crippen LogP contribution in [0.4, 0.5) is 22.0 Å². The fraction of sp³-hybridized carbons (Fsp3) is 0.909. The van der Waals surface area contributed by atoms with E-state index in [2.05, 4.69) is 0 Å². The molecule has 0 saturated carbocycles. The third-order valence-electron chi connectivity index (χ3n) is 2.85. The number of hydrogen-bond acceptors (Lipinski definition) is 1. The summed E-state index contributed by atoms with van der Waals surface area (Å²) in [6, 6.07) is 0. The van der Waals surface area contributed by atoms with Crippen LogP contribution in [0.1, 0.15) is 27.7 Å². The minimum atomic E-state index is -5.86. The summed E-state index contributed by atoms with van der Waals surface area (Å²) in [7, 11) is 0. The summed E-state index contributed by atoms with van der Waals surface area (Å²) in [6.07, 6.45) is -5.86. The average Bonchev–Trinajstić information content (AvgIpc) is 2.14. The molecule has 0 atom stereocenters. The first-order chi connectivity index (χ1) is 7.91. The highest BCUT2D eigenvalue weighted by atomic mass is 19.4. The Labute approximate surface area is 103 Å². The van der Waals surface area contributed by atoms with Gasteiger partial charge in [0.25, 0.3) is 5.91 Å². The lowest BCUT2D eigenvalue weighted by Crippen LogP contribution is -2.51. The zero-order chi connectivity index (χ0) is 14.7. The summed E-state index contributed by atoms with van der Waals surface area (Å²) < 4.78 is 61.0. The third-order valence-corrected chi connectivity index (χ3v) is 2.85. The smallest absolute Gasteiger partial charge is 0.350 e. The second-order valence-electron chi connectivity index (χ2n) is 4.93. The fourth-order valence-corrected chi connectivity index (χ4v) is 1.69. The van der Waals surface area contributed by atoms with Gasteiger partial charge in [-0.05, 0) is 17.8 Å². The van der Waals surface area contributed by atoms with Crippen molar-refractivity contribution in [2.24, 2.45) is 17.8 Å². The van der Waals surface area contributed by atoms with Gasteiger partial charge in [-0.2, -0.15) is 22.0 Å². The molecule has 18 heavy (non-hydrogen) atoms. The minimum Gasteiger partial charge on any atom is -0.350 e. The molecule has 0 rings (SSSR count). The van der Waals surface area contributed by atoms with E-state index in [1.165, 1.54) is 0 Å². The van der Waals surface area contributed by atoms with Crippen molar-refractivity contribution < 1.29 is 26.7 Å². The molecular formula is C11H18F5NO. The molecule has 0 aromatic carbocycles. The predicted octanol–water partition coefficient (Wildman–Crippen LogP) is 3.23. The van der Waals surface area contributed by atoms with Gasteiger partial charge in [0.05, 0.1) is 0 Å². The number of rotatable bonds is 5. The van der Waals surface area contributed by atoms with Crippen molar-refractivity contribution in [3.63, 3.8) is 0 Å². The van der Waals surface area contributed by atoms with Crippen molar-refractivity contribution in [3.05, 3.63) is 0 Å². The molecule has 1 N–H and O–H groups in total. The molecule has 0 bridgehead atoms. The molecule has 0 radical (unpaired) electrons. The van der Waals surface area contributed by atoms with Gasteiger partial charge in [-0.3, -0.25) is 4.79 Å². The maximum atomic E-state index is 12.6. The van der Waals surface area contributed by atoms with Gasteiger partial charge in [-0.15, -0.1) is 0 Å². The molecule has 0 aliphatic carbocycles. The number of halogens is 5. The SMILES string of the molecule is CC(C)C(CNC(=O)C(F)(F)C(F)(F)F)C(C)C. The van der Waals surface area contributed by atoms with E-state index in [4.69, 9.17) is 0 Å². The Morgan fingerprint density at radius 3 is 1.67 bits per heavy atom. The van der Waals surface area contributed by atoms with Crippen molar-refractivity contribution in [3.8, 4) is 0 Å². The Balaban J connectivity index is 4.60. The molecule has 0 unspecified atom stereocenters. The molecule has 0 heterocycles. The van der Waals surface area contributed by atoms with Crippen molar-refractivity contribution in [1.82, 2.24) is 5.32 Å². The van der Waals surface area contributed by atoms with E-state index in [-0.39, 0.29) is 24.3 Å². The topological polar surface area (TPSA) is 29.1 Å². The van der Waals surface area contributed by atoms with E-state index in [1.807, 2.05) is 27.7 Å². The van der Waals surface area contributed by atoms with Crippen LogP contribution in [0.3, 0.4) is 0 Å². The van der Waals surface area contributed by atoms with E-state index in [0.29, 0.717) is 0 Å². The molecule has 0 aromatic heterocycles. The number of amides is 1. The standard InChI is InChI=1S/C11H18F5NO/c1-6(2)8(7(3)4)5-17-9(18)10(12,13)11(14,15)16/h6-8H,5H2,1-4H3,(H,17,18). The molecule has 7 heteroatoms. The Hall–Kier alpha value is -0.880. The minimum absolute atomic E-state index is 0.0739. The monoisotopic (exact) mass is 275 g/mol. The molecule has 0 aliphatic heterocycles. The molecule has 0 aliphatic rings. The number of nitrogens with one attached hydrogen (secondary N) is 1. The van der Waals surface area contributed by atoms with Crippen LogP contribution in [-0.4, -0.2) is 24.6 Å². The molecule has 2 nitrogen and oxygen atoms in total. The first-order valence-corrected chi connectivity index (χ1v) is 5.64. The lowest BCUT2D eigenvalue weighted by atomic mass is 9.85.